The molecule has 0 spiro atoms. The highest BCUT2D eigenvalue weighted by molar-refractivity contribution is 6.48. The van der Waals surface area contributed by atoms with Crippen LogP contribution in [0.4, 0.5) is 8.78 Å². The fourth-order valence-corrected chi connectivity index (χ4v) is 2.69. The van der Waals surface area contributed by atoms with Crippen molar-refractivity contribution in [3.05, 3.63) is 41.5 Å². The summed E-state index contributed by atoms with van der Waals surface area (Å²) in [4.78, 5) is 0. The zero-order valence-corrected chi connectivity index (χ0v) is 15.7. The molecule has 1 aromatic rings. The van der Waals surface area contributed by atoms with Crippen LogP contribution in [0.25, 0.3) is 5.57 Å². The Kier molecular flexibility index (Phi) is 5.00. The summed E-state index contributed by atoms with van der Waals surface area (Å²) in [5.41, 5.74) is 0.548. The van der Waals surface area contributed by atoms with Crippen LogP contribution in [0.5, 0.6) is 0 Å². The highest BCUT2D eigenvalue weighted by Gasteiger charge is 2.51. The minimum Gasteiger partial charge on any atom is -0.403 e. The molecule has 0 radical (unpaired) electrons. The third-order valence-corrected chi connectivity index (χ3v) is 5.00. The summed E-state index contributed by atoms with van der Waals surface area (Å²) in [5, 5.41) is 0. The Morgan fingerprint density at radius 2 is 1.42 bits per heavy atom. The molecule has 5 heteroatoms. The minimum atomic E-state index is -1.69. The number of rotatable bonds is 3. The Morgan fingerprint density at radius 1 is 0.958 bits per heavy atom. The number of hydrogen-bond donors (Lipinski definition) is 0. The molecule has 0 bridgehead atoms. The second-order valence-electron chi connectivity index (χ2n) is 8.46. The maximum atomic E-state index is 13.5. The number of halogens is 2. The molecule has 1 fully saturated rings. The van der Waals surface area contributed by atoms with Crippen molar-refractivity contribution in [2.24, 2.45) is 0 Å². The van der Waals surface area contributed by atoms with Crippen LogP contribution in [0.1, 0.15) is 59.6 Å². The zero-order valence-electron chi connectivity index (χ0n) is 15.7. The first-order chi connectivity index (χ1) is 10.8. The maximum Gasteiger partial charge on any atom is 0.462 e. The molecular weight excluding hydrogens is 309 g/mol. The van der Waals surface area contributed by atoms with Gasteiger partial charge in [0.25, 0.3) is 6.08 Å². The summed E-state index contributed by atoms with van der Waals surface area (Å²) >= 11 is 0. The Balaban J connectivity index is 2.22. The molecule has 1 saturated heterocycles. The van der Waals surface area contributed by atoms with Gasteiger partial charge in [-0.25, -0.2) is 0 Å². The molecule has 2 rings (SSSR count). The van der Waals surface area contributed by atoms with Gasteiger partial charge in [-0.2, -0.15) is 8.78 Å². The molecule has 1 aliphatic rings. The molecule has 0 aromatic heterocycles. The highest BCUT2D eigenvalue weighted by Crippen LogP contribution is 2.40. The van der Waals surface area contributed by atoms with Gasteiger partial charge in [0.1, 0.15) is 0 Å². The van der Waals surface area contributed by atoms with E-state index in [1.807, 2.05) is 39.8 Å². The lowest BCUT2D eigenvalue weighted by Gasteiger charge is -2.32. The summed E-state index contributed by atoms with van der Waals surface area (Å²) in [5.74, 6) is 0. The van der Waals surface area contributed by atoms with Crippen LogP contribution in [0, 0.1) is 0 Å². The fraction of sp³-hybridized carbons (Fsp3) is 0.579. The van der Waals surface area contributed by atoms with Crippen molar-refractivity contribution in [2.75, 3.05) is 0 Å². The van der Waals surface area contributed by atoms with Gasteiger partial charge in [-0.3, -0.25) is 0 Å². The van der Waals surface area contributed by atoms with Crippen LogP contribution in [0.3, 0.4) is 0 Å². The molecule has 0 unspecified atom stereocenters. The predicted octanol–water partition coefficient (Wildman–Crippen LogP) is 5.68. The average molecular weight is 336 g/mol. The van der Waals surface area contributed by atoms with Crippen molar-refractivity contribution in [1.29, 1.82) is 0 Å². The van der Waals surface area contributed by atoms with E-state index in [0.29, 0.717) is 5.56 Å². The molecule has 1 aromatic carbocycles. The van der Waals surface area contributed by atoms with E-state index in [-0.39, 0.29) is 17.3 Å². The lowest BCUT2D eigenvalue weighted by molar-refractivity contribution is 0.00578. The quantitative estimate of drug-likeness (QED) is 0.661. The highest BCUT2D eigenvalue weighted by atomic mass is 19.3. The Bertz CT molecular complexity index is 608. The Labute approximate surface area is 144 Å². The van der Waals surface area contributed by atoms with Gasteiger partial charge in [-0.05, 0) is 44.2 Å². The molecule has 1 heterocycles. The molecule has 0 N–H and O–H groups in total. The van der Waals surface area contributed by atoms with Gasteiger partial charge in [0.05, 0.1) is 11.2 Å². The summed E-state index contributed by atoms with van der Waals surface area (Å²) in [7, 11) is -0.672. The van der Waals surface area contributed by atoms with Crippen LogP contribution in [-0.4, -0.2) is 18.3 Å². The van der Waals surface area contributed by atoms with Gasteiger partial charge in [0.2, 0.25) is 0 Å². The Hall–Kier alpha value is -1.20. The van der Waals surface area contributed by atoms with E-state index in [0.717, 1.165) is 5.56 Å². The van der Waals surface area contributed by atoms with E-state index in [4.69, 9.17) is 9.31 Å². The summed E-state index contributed by atoms with van der Waals surface area (Å²) in [6.45, 7) is 14.0. The van der Waals surface area contributed by atoms with E-state index in [1.54, 1.807) is 12.1 Å². The van der Waals surface area contributed by atoms with Crippen LogP contribution < -0.4 is 0 Å². The van der Waals surface area contributed by atoms with E-state index in [1.165, 1.54) is 0 Å². The molecular formula is C19H27BF2O2. The van der Waals surface area contributed by atoms with Gasteiger partial charge in [0.15, 0.2) is 0 Å². The molecule has 0 atom stereocenters. The number of hydrogen-bond acceptors (Lipinski definition) is 2. The molecule has 132 valence electrons. The van der Waals surface area contributed by atoms with Gasteiger partial charge >= 0.3 is 7.12 Å². The third-order valence-electron chi connectivity index (χ3n) is 5.00. The summed E-state index contributed by atoms with van der Waals surface area (Å²) in [6.07, 6.45) is -1.66. The van der Waals surface area contributed by atoms with Crippen molar-refractivity contribution >= 4 is 12.7 Å². The molecule has 24 heavy (non-hydrogen) atoms. The van der Waals surface area contributed by atoms with E-state index >= 15 is 0 Å². The van der Waals surface area contributed by atoms with Gasteiger partial charge < -0.3 is 9.31 Å². The lowest BCUT2D eigenvalue weighted by Crippen LogP contribution is -2.41. The minimum absolute atomic E-state index is 0.0115. The predicted molar refractivity (Wildman–Crippen MR) is 95.2 cm³/mol. The lowest BCUT2D eigenvalue weighted by atomic mass is 9.78. The monoisotopic (exact) mass is 336 g/mol. The molecule has 0 saturated carbocycles. The maximum absolute atomic E-state index is 13.5. The molecule has 1 aliphatic heterocycles. The van der Waals surface area contributed by atoms with Crippen LogP contribution in [-0.2, 0) is 14.7 Å². The molecule has 2 nitrogen and oxygen atoms in total. The molecule has 0 amide bonds. The fourth-order valence-electron chi connectivity index (χ4n) is 2.69. The van der Waals surface area contributed by atoms with Crippen LogP contribution in [0.15, 0.2) is 30.3 Å². The van der Waals surface area contributed by atoms with Crippen molar-refractivity contribution in [1.82, 2.24) is 0 Å². The summed E-state index contributed by atoms with van der Waals surface area (Å²) in [6, 6.07) is 7.31. The van der Waals surface area contributed by atoms with Gasteiger partial charge in [-0.1, -0.05) is 45.0 Å². The topological polar surface area (TPSA) is 18.5 Å². The smallest absolute Gasteiger partial charge is 0.403 e. The van der Waals surface area contributed by atoms with Gasteiger partial charge in [0, 0.05) is 11.9 Å². The van der Waals surface area contributed by atoms with Crippen molar-refractivity contribution < 1.29 is 18.1 Å². The second kappa shape index (κ2) is 6.27. The van der Waals surface area contributed by atoms with Crippen LogP contribution in [0.2, 0.25) is 6.32 Å². The van der Waals surface area contributed by atoms with Gasteiger partial charge in [-0.15, -0.1) is 0 Å². The largest absolute Gasteiger partial charge is 0.462 e. The van der Waals surface area contributed by atoms with E-state index in [9.17, 15) is 8.78 Å². The summed E-state index contributed by atoms with van der Waals surface area (Å²) < 4.78 is 38.8. The van der Waals surface area contributed by atoms with Crippen molar-refractivity contribution in [3.63, 3.8) is 0 Å². The number of allylic oxidation sites excluding steroid dienone is 1. The van der Waals surface area contributed by atoms with Crippen molar-refractivity contribution in [2.45, 2.75) is 71.4 Å². The van der Waals surface area contributed by atoms with Crippen LogP contribution >= 0.6 is 0 Å². The SMILES string of the molecule is CC(C)(C)c1ccc(C(CB2OC(C)(C)C(C)(C)O2)=C(F)F)cc1. The second-order valence-corrected chi connectivity index (χ2v) is 8.46. The Morgan fingerprint density at radius 3 is 1.79 bits per heavy atom. The van der Waals surface area contributed by atoms with E-state index in [2.05, 4.69) is 20.8 Å². The first-order valence-corrected chi connectivity index (χ1v) is 8.34. The average Bonchev–Trinajstić information content (AvgIpc) is 2.63. The standard InChI is InChI=1S/C19H27BF2O2/c1-17(2,3)14-10-8-13(9-11-14)15(16(21)22)12-20-23-18(4,5)19(6,7)24-20/h8-11H,12H2,1-7H3. The number of benzene rings is 1. The first-order valence-electron chi connectivity index (χ1n) is 8.34. The first kappa shape index (κ1) is 19.1. The molecule has 0 aliphatic carbocycles. The third kappa shape index (κ3) is 3.89. The van der Waals surface area contributed by atoms with E-state index < -0.39 is 24.4 Å². The zero-order chi connectivity index (χ0) is 18.3. The normalized spacial score (nSPS) is 19.5. The van der Waals surface area contributed by atoms with Crippen molar-refractivity contribution in [3.8, 4) is 0 Å².